The van der Waals surface area contributed by atoms with Gasteiger partial charge in [-0.05, 0) is 145 Å². The second-order valence-electron chi connectivity index (χ2n) is 20.5. The summed E-state index contributed by atoms with van der Waals surface area (Å²) in [6.07, 6.45) is 26.4. The van der Waals surface area contributed by atoms with Crippen LogP contribution in [0.1, 0.15) is 152 Å². The van der Waals surface area contributed by atoms with E-state index in [2.05, 4.69) is 134 Å². The Kier molecular flexibility index (Phi) is 20.2. The predicted octanol–water partition coefficient (Wildman–Crippen LogP) is 21.0. The lowest BCUT2D eigenvalue weighted by atomic mass is 10.1. The number of hydrogen-bond acceptors (Lipinski definition) is 10. The fourth-order valence-electron chi connectivity index (χ4n) is 10.2. The van der Waals surface area contributed by atoms with E-state index < -0.39 is 0 Å². The molecule has 0 saturated carbocycles. The number of carbonyl (C=O) groups excluding carboxylic acids is 2. The molecule has 78 heavy (non-hydrogen) atoms. The summed E-state index contributed by atoms with van der Waals surface area (Å²) in [6.45, 7) is 6.09. The van der Waals surface area contributed by atoms with Gasteiger partial charge < -0.3 is 20.1 Å². The molecule has 8 aromatic rings. The third kappa shape index (κ3) is 14.3. The molecular formula is C66H72N2O4S6. The topological polar surface area (TPSA) is 76.7 Å². The molecule has 0 unspecified atom stereocenters. The molecule has 2 N–H and O–H groups in total. The zero-order chi connectivity index (χ0) is 53.5. The number of fused-ring (bicyclic) bond motifs is 1. The zero-order valence-corrected chi connectivity index (χ0v) is 50.1. The van der Waals surface area contributed by atoms with Crippen molar-refractivity contribution in [3.8, 4) is 71.4 Å². The average Bonchev–Trinajstić information content (AvgIpc) is 4.35. The predicted molar refractivity (Wildman–Crippen MR) is 338 cm³/mol. The molecule has 0 fully saturated rings. The zero-order valence-electron chi connectivity index (χ0n) is 45.2. The van der Waals surface area contributed by atoms with Gasteiger partial charge in [0.15, 0.2) is 0 Å². The highest BCUT2D eigenvalue weighted by molar-refractivity contribution is 7.28. The van der Waals surface area contributed by atoms with Crippen LogP contribution in [0.5, 0.6) is 11.5 Å². The minimum atomic E-state index is -0.255. The summed E-state index contributed by atoms with van der Waals surface area (Å²) in [5.74, 6) is 1.36. The number of ether oxygens (including phenoxy) is 2. The maximum absolute atomic E-state index is 13.7. The number of carbonyl (C=O) groups is 2. The van der Waals surface area contributed by atoms with Crippen LogP contribution < -0.4 is 20.1 Å². The lowest BCUT2D eigenvalue weighted by Gasteiger charge is -2.07. The van der Waals surface area contributed by atoms with E-state index in [0.717, 1.165) is 66.8 Å². The van der Waals surface area contributed by atoms with Crippen molar-refractivity contribution in [2.45, 2.75) is 142 Å². The van der Waals surface area contributed by atoms with Crippen LogP contribution in [-0.4, -0.2) is 25.0 Å². The fraction of sp³-hybridized carbons (Fsp3) is 0.364. The Bertz CT molecular complexity index is 3060. The Labute approximate surface area is 486 Å². The molecule has 0 radical (unpaired) electrons. The van der Waals surface area contributed by atoms with Crippen molar-refractivity contribution in [3.63, 3.8) is 0 Å². The maximum atomic E-state index is 13.7. The van der Waals surface area contributed by atoms with Gasteiger partial charge in [-0.2, -0.15) is 0 Å². The number of hydrogen-bond donors (Lipinski definition) is 2. The minimum Gasteiger partial charge on any atom is -0.494 e. The molecule has 8 heterocycles. The molecule has 0 spiro atoms. The van der Waals surface area contributed by atoms with E-state index in [1.807, 2.05) is 12.1 Å². The van der Waals surface area contributed by atoms with Crippen molar-refractivity contribution in [1.29, 1.82) is 0 Å². The fourth-order valence-corrected chi connectivity index (χ4v) is 16.6. The van der Waals surface area contributed by atoms with Crippen molar-refractivity contribution in [3.05, 3.63) is 142 Å². The Morgan fingerprint density at radius 2 is 0.538 bits per heavy atom. The first kappa shape index (κ1) is 56.0. The van der Waals surface area contributed by atoms with Crippen LogP contribution in [0.4, 0.5) is 0 Å². The Balaban J connectivity index is 0.711. The van der Waals surface area contributed by atoms with E-state index in [1.165, 1.54) is 156 Å². The Morgan fingerprint density at radius 1 is 0.295 bits per heavy atom. The lowest BCUT2D eigenvalue weighted by Crippen LogP contribution is -2.20. The molecule has 406 valence electrons. The molecule has 0 bridgehead atoms. The van der Waals surface area contributed by atoms with Crippen molar-refractivity contribution in [2.75, 3.05) is 13.2 Å². The number of nitrogens with one attached hydrogen (secondary N) is 2. The average molecular weight is 1150 g/mol. The summed E-state index contributed by atoms with van der Waals surface area (Å²) in [5.41, 5.74) is 4.37. The second kappa shape index (κ2) is 28.2. The van der Waals surface area contributed by atoms with Gasteiger partial charge in [0.05, 0.1) is 45.5 Å². The molecule has 0 atom stereocenters. The van der Waals surface area contributed by atoms with E-state index in [-0.39, 0.29) is 11.8 Å². The number of rotatable bonds is 32. The van der Waals surface area contributed by atoms with Gasteiger partial charge in [-0.25, -0.2) is 0 Å². The highest BCUT2D eigenvalue weighted by Crippen LogP contribution is 2.47. The molecule has 6 nitrogen and oxygen atoms in total. The van der Waals surface area contributed by atoms with Crippen LogP contribution in [-0.2, 0) is 9.59 Å². The van der Waals surface area contributed by atoms with E-state index in [4.69, 9.17) is 9.47 Å². The van der Waals surface area contributed by atoms with Crippen LogP contribution in [0.25, 0.3) is 71.3 Å². The molecule has 2 aromatic carbocycles. The monoisotopic (exact) mass is 1150 g/mol. The smallest absolute Gasteiger partial charge is 0.258 e. The van der Waals surface area contributed by atoms with Gasteiger partial charge in [0.2, 0.25) is 0 Å². The molecule has 10 rings (SSSR count). The van der Waals surface area contributed by atoms with Gasteiger partial charge in [-0.3, -0.25) is 9.59 Å². The first-order valence-electron chi connectivity index (χ1n) is 28.6. The van der Waals surface area contributed by atoms with E-state index in [9.17, 15) is 9.59 Å². The SMILES string of the molecule is CCCCCCCCCCCCOc1ccc(-c2ccc(-c3ccc(-c4ccc(C5=C6C(=O)NC(c7ccc(-c8ccc(-c9ccc(-c%10ccc(OCCCCCCCCCCCC)cc%10)s9)s8)s7)=C6C(=O)N5)s4)s3)s2)cc1. The molecule has 0 saturated heterocycles. The van der Waals surface area contributed by atoms with E-state index in [1.54, 1.807) is 68.0 Å². The third-order valence-corrected chi connectivity index (χ3v) is 22.0. The molecule has 2 aliphatic heterocycles. The molecular weight excluding hydrogens is 1080 g/mol. The van der Waals surface area contributed by atoms with Crippen molar-refractivity contribution < 1.29 is 19.1 Å². The van der Waals surface area contributed by atoms with Gasteiger partial charge >= 0.3 is 0 Å². The van der Waals surface area contributed by atoms with E-state index >= 15 is 0 Å². The lowest BCUT2D eigenvalue weighted by molar-refractivity contribution is -0.117. The van der Waals surface area contributed by atoms with Crippen LogP contribution in [0.3, 0.4) is 0 Å². The molecule has 0 aliphatic carbocycles. The summed E-state index contributed by atoms with van der Waals surface area (Å²) in [6, 6.07) is 42.8. The largest absolute Gasteiger partial charge is 0.494 e. The van der Waals surface area contributed by atoms with Gasteiger partial charge in [0.1, 0.15) is 11.5 Å². The summed E-state index contributed by atoms with van der Waals surface area (Å²) in [7, 11) is 0. The first-order valence-corrected chi connectivity index (χ1v) is 33.5. The first-order chi connectivity index (χ1) is 38.4. The summed E-state index contributed by atoms with van der Waals surface area (Å²) in [4.78, 5) is 41.0. The van der Waals surface area contributed by atoms with Crippen molar-refractivity contribution in [2.24, 2.45) is 0 Å². The maximum Gasteiger partial charge on any atom is 0.258 e. The molecule has 12 heteroatoms. The quantitative estimate of drug-likeness (QED) is 0.0412. The van der Waals surface area contributed by atoms with Crippen LogP contribution in [0.15, 0.2) is 132 Å². The van der Waals surface area contributed by atoms with Crippen molar-refractivity contribution >= 4 is 91.2 Å². The molecule has 2 aliphatic rings. The van der Waals surface area contributed by atoms with E-state index in [0.29, 0.717) is 22.5 Å². The second-order valence-corrected chi connectivity index (χ2v) is 27.0. The summed E-state index contributed by atoms with van der Waals surface area (Å²) < 4.78 is 12.2. The summed E-state index contributed by atoms with van der Waals surface area (Å²) >= 11 is 10.3. The number of unbranched alkanes of at least 4 members (excludes halogenated alkanes) is 18. The van der Waals surface area contributed by atoms with Crippen LogP contribution >= 0.6 is 68.0 Å². The molecule has 6 aromatic heterocycles. The van der Waals surface area contributed by atoms with Gasteiger partial charge in [0, 0.05) is 48.8 Å². The number of thiophene rings is 6. The normalized spacial score (nSPS) is 13.3. The summed E-state index contributed by atoms with van der Waals surface area (Å²) in [5, 5.41) is 6.15. The Hall–Kier alpha value is -5.34. The highest BCUT2D eigenvalue weighted by atomic mass is 32.1. The van der Waals surface area contributed by atoms with Gasteiger partial charge in [-0.15, -0.1) is 68.0 Å². The van der Waals surface area contributed by atoms with Crippen LogP contribution in [0, 0.1) is 0 Å². The van der Waals surface area contributed by atoms with Gasteiger partial charge in [-0.1, -0.05) is 129 Å². The third-order valence-electron chi connectivity index (χ3n) is 14.6. The minimum absolute atomic E-state index is 0.255. The molecule has 2 amide bonds. The Morgan fingerprint density at radius 3 is 0.846 bits per heavy atom. The number of benzene rings is 2. The van der Waals surface area contributed by atoms with Gasteiger partial charge in [0.25, 0.3) is 11.8 Å². The standard InChI is InChI=1S/C66H72N2O4S6/c1-3-5-7-9-11-13-15-17-19-21-43-71-47-27-23-45(24-28-47)49-31-33-51(73-49)53-35-37-55(75-53)57-39-41-59(77-57)63-61-62(66(70)67-63)64(68-65(61)69)60-42-40-58(78-60)56-38-36-54(76-56)52-34-32-50(74-52)46-25-29-48(30-26-46)72-44-22-20-18-16-14-12-10-8-6-4-2/h23-42H,3-22,43-44H2,1-2H3,(H,67,70)(H,68,69). The van der Waals surface area contributed by atoms with Crippen LogP contribution in [0.2, 0.25) is 0 Å². The highest BCUT2D eigenvalue weighted by Gasteiger charge is 2.41. The van der Waals surface area contributed by atoms with Crippen molar-refractivity contribution in [1.82, 2.24) is 10.6 Å². The number of amides is 2.